The van der Waals surface area contributed by atoms with Crippen molar-refractivity contribution in [2.75, 3.05) is 45.9 Å². The first-order chi connectivity index (χ1) is 24.1. The molecule has 0 saturated carbocycles. The van der Waals surface area contributed by atoms with Gasteiger partial charge < -0.3 is 30.1 Å². The zero-order valence-corrected chi connectivity index (χ0v) is 29.4. The highest BCUT2D eigenvalue weighted by molar-refractivity contribution is 6.34. The molecule has 1 aromatic heterocycles. The van der Waals surface area contributed by atoms with Gasteiger partial charge in [0.25, 0.3) is 0 Å². The van der Waals surface area contributed by atoms with Crippen molar-refractivity contribution in [3.05, 3.63) is 74.4 Å². The van der Waals surface area contributed by atoms with Crippen molar-refractivity contribution in [3.63, 3.8) is 0 Å². The van der Waals surface area contributed by atoms with E-state index < -0.39 is 17.9 Å². The molecule has 12 nitrogen and oxygen atoms in total. The minimum Gasteiger partial charge on any atom is -0.465 e. The Morgan fingerprint density at radius 3 is 2.64 bits per heavy atom. The van der Waals surface area contributed by atoms with E-state index in [1.807, 2.05) is 28.9 Å². The summed E-state index contributed by atoms with van der Waals surface area (Å²) in [7, 11) is 0. The number of aryl methyl sites for hydroxylation is 1. The Balaban J connectivity index is 1.22. The fourth-order valence-corrected chi connectivity index (χ4v) is 7.01. The van der Waals surface area contributed by atoms with Gasteiger partial charge in [0.1, 0.15) is 0 Å². The second kappa shape index (κ2) is 15.8. The summed E-state index contributed by atoms with van der Waals surface area (Å²) in [6.45, 7) is 7.79. The topological polar surface area (TPSA) is 143 Å². The zero-order chi connectivity index (χ0) is 35.4. The molecule has 1 unspecified atom stereocenters. The molecular weight excluding hydrogens is 683 g/mol. The number of morpholine rings is 1. The van der Waals surface area contributed by atoms with Crippen LogP contribution in [0, 0.1) is 11.8 Å². The third-order valence-corrected chi connectivity index (χ3v) is 10.2. The first-order valence-corrected chi connectivity index (χ1v) is 17.5. The van der Waals surface area contributed by atoms with Crippen molar-refractivity contribution in [1.82, 2.24) is 24.5 Å². The first kappa shape index (κ1) is 35.7. The van der Waals surface area contributed by atoms with E-state index in [1.54, 1.807) is 12.1 Å². The van der Waals surface area contributed by atoms with Gasteiger partial charge in [0.2, 0.25) is 0 Å². The van der Waals surface area contributed by atoms with Crippen LogP contribution in [0.15, 0.2) is 36.4 Å². The number of nitrogens with two attached hydrogens (primary N) is 1. The van der Waals surface area contributed by atoms with Crippen LogP contribution < -0.4 is 5.73 Å². The van der Waals surface area contributed by atoms with Gasteiger partial charge in [-0.05, 0) is 55.7 Å². The van der Waals surface area contributed by atoms with Crippen LogP contribution in [0.3, 0.4) is 0 Å². The number of hydrogen-bond acceptors (Lipinski definition) is 7. The van der Waals surface area contributed by atoms with Crippen molar-refractivity contribution in [2.45, 2.75) is 58.0 Å². The van der Waals surface area contributed by atoms with Gasteiger partial charge in [0.15, 0.2) is 0 Å². The lowest BCUT2D eigenvalue weighted by atomic mass is 9.99. The van der Waals surface area contributed by atoms with Gasteiger partial charge in [-0.15, -0.1) is 0 Å². The molecule has 3 aliphatic rings. The predicted molar refractivity (Wildman–Crippen MR) is 188 cm³/mol. The second-order valence-corrected chi connectivity index (χ2v) is 13.7. The van der Waals surface area contributed by atoms with Crippen molar-refractivity contribution >= 4 is 41.1 Å². The number of carbonyl (C=O) groups excluding carboxylic acids is 2. The Bertz CT molecular complexity index is 1840. The number of fused-ring (bicyclic) bond motifs is 1. The average Bonchev–Trinajstić information content (AvgIpc) is 3.73. The highest BCUT2D eigenvalue weighted by Crippen LogP contribution is 2.33. The molecule has 2 saturated heterocycles. The maximum absolute atomic E-state index is 12.6. The van der Waals surface area contributed by atoms with Gasteiger partial charge in [-0.1, -0.05) is 41.1 Å². The van der Waals surface area contributed by atoms with Crippen LogP contribution in [0.25, 0.3) is 11.3 Å². The number of aromatic nitrogens is 2. The van der Waals surface area contributed by atoms with E-state index in [2.05, 4.69) is 23.7 Å². The van der Waals surface area contributed by atoms with Gasteiger partial charge in [-0.2, -0.15) is 5.10 Å². The van der Waals surface area contributed by atoms with Crippen molar-refractivity contribution in [2.24, 2.45) is 5.73 Å². The van der Waals surface area contributed by atoms with Crippen LogP contribution in [0.4, 0.5) is 4.79 Å². The number of carboxylic acid groups (broad SMARTS) is 1. The van der Waals surface area contributed by atoms with Crippen LogP contribution in [-0.2, 0) is 45.2 Å². The number of rotatable bonds is 8. The average molecular weight is 724 g/mol. The third-order valence-electron chi connectivity index (χ3n) is 9.47. The van der Waals surface area contributed by atoms with Crippen molar-refractivity contribution in [3.8, 4) is 23.1 Å². The standard InChI is InChI=1S/C36H40Cl2N6O6/c1-23-21-49-16-15-41(23)11-2-12-44-32-10-14-42(35(46)34(39)45)20-29(32)33(40-44)26-6-8-30(37)25(18-26)5-3-24-4-7-31(38)27(17-24)22-50-28-9-13-43(19-28)36(47)48/h4,6-8,17-18,23,28H,2,9-16,19-22H2,1H3,(H2,39,45)(H,47,48)/t23-,28?/m0/s1. The van der Waals surface area contributed by atoms with E-state index in [9.17, 15) is 19.5 Å². The summed E-state index contributed by atoms with van der Waals surface area (Å²) in [4.78, 5) is 40.8. The summed E-state index contributed by atoms with van der Waals surface area (Å²) in [5, 5.41) is 15.3. The van der Waals surface area contributed by atoms with E-state index >= 15 is 0 Å². The van der Waals surface area contributed by atoms with Crippen LogP contribution in [-0.4, -0.2) is 106 Å². The van der Waals surface area contributed by atoms with Gasteiger partial charge in [-0.25, -0.2) is 4.79 Å². The zero-order valence-electron chi connectivity index (χ0n) is 27.9. The molecule has 14 heteroatoms. The van der Waals surface area contributed by atoms with Crippen LogP contribution in [0.5, 0.6) is 0 Å². The fraction of sp³-hybridized carbons (Fsp3) is 0.444. The molecule has 3 N–H and O–H groups in total. The van der Waals surface area contributed by atoms with Crippen molar-refractivity contribution in [1.29, 1.82) is 0 Å². The van der Waals surface area contributed by atoms with Crippen LogP contribution in [0.2, 0.25) is 10.0 Å². The maximum atomic E-state index is 12.6. The molecule has 2 fully saturated rings. The fourth-order valence-electron chi connectivity index (χ4n) is 6.67. The first-order valence-electron chi connectivity index (χ1n) is 16.8. The number of hydrogen-bond donors (Lipinski definition) is 2. The molecule has 3 aliphatic heterocycles. The normalized spacial score (nSPS) is 19.2. The van der Waals surface area contributed by atoms with E-state index in [0.717, 1.165) is 55.1 Å². The molecule has 0 bridgehead atoms. The van der Waals surface area contributed by atoms with Gasteiger partial charge in [0.05, 0.1) is 49.7 Å². The Hall–Kier alpha value is -4.12. The third kappa shape index (κ3) is 8.25. The van der Waals surface area contributed by atoms with Crippen LogP contribution in [0.1, 0.15) is 47.7 Å². The number of likely N-dealkylation sites (tertiary alicyclic amines) is 1. The highest BCUT2D eigenvalue weighted by Gasteiger charge is 2.30. The monoisotopic (exact) mass is 722 g/mol. The smallest absolute Gasteiger partial charge is 0.407 e. The summed E-state index contributed by atoms with van der Waals surface area (Å²) >= 11 is 13.1. The Labute approximate surface area is 301 Å². The van der Waals surface area contributed by atoms with E-state index in [-0.39, 0.29) is 19.3 Å². The Morgan fingerprint density at radius 1 is 1.06 bits per heavy atom. The van der Waals surface area contributed by atoms with Crippen molar-refractivity contribution < 1.29 is 29.0 Å². The number of primary amides is 1. The molecule has 2 aromatic carbocycles. The lowest BCUT2D eigenvalue weighted by molar-refractivity contribution is -0.144. The number of benzene rings is 2. The van der Waals surface area contributed by atoms with Gasteiger partial charge in [-0.3, -0.25) is 19.2 Å². The molecule has 4 heterocycles. The summed E-state index contributed by atoms with van der Waals surface area (Å²) in [5.41, 5.74) is 10.8. The molecule has 50 heavy (non-hydrogen) atoms. The molecule has 3 aromatic rings. The maximum Gasteiger partial charge on any atom is 0.407 e. The SMILES string of the molecule is C[C@H]1COCCN1CCCn1nc(-c2ccc(Cl)c(C#Cc3ccc(Cl)c(COC4CCN(C(=O)O)C4)c3)c2)c2c1CCN(C(=O)C(N)=O)C2. The lowest BCUT2D eigenvalue weighted by Crippen LogP contribution is -2.44. The highest BCUT2D eigenvalue weighted by atomic mass is 35.5. The predicted octanol–water partition coefficient (Wildman–Crippen LogP) is 4.01. The largest absolute Gasteiger partial charge is 0.465 e. The lowest BCUT2D eigenvalue weighted by Gasteiger charge is -2.33. The molecule has 2 atom stereocenters. The number of amides is 3. The Morgan fingerprint density at radius 2 is 1.88 bits per heavy atom. The summed E-state index contributed by atoms with van der Waals surface area (Å²) in [5.74, 6) is 4.68. The molecular formula is C36H40Cl2N6O6. The number of carbonyl (C=O) groups is 3. The molecule has 0 aliphatic carbocycles. The van der Waals surface area contributed by atoms with E-state index in [0.29, 0.717) is 71.9 Å². The second-order valence-electron chi connectivity index (χ2n) is 12.9. The van der Waals surface area contributed by atoms with E-state index in [1.165, 1.54) is 9.80 Å². The quantitative estimate of drug-likeness (QED) is 0.262. The number of nitrogens with zero attached hydrogens (tertiary/aromatic N) is 5. The number of ether oxygens (including phenoxy) is 2. The molecule has 264 valence electrons. The summed E-state index contributed by atoms with van der Waals surface area (Å²) in [6, 6.07) is 11.4. The minimum absolute atomic E-state index is 0.192. The molecule has 3 amide bonds. The molecule has 0 spiro atoms. The summed E-state index contributed by atoms with van der Waals surface area (Å²) < 4.78 is 13.6. The molecule has 0 radical (unpaired) electrons. The van der Waals surface area contributed by atoms with Crippen LogP contribution >= 0.6 is 23.2 Å². The molecule has 6 rings (SSSR count). The number of halogens is 2. The van der Waals surface area contributed by atoms with Gasteiger partial charge in [0, 0.05) is 78.2 Å². The summed E-state index contributed by atoms with van der Waals surface area (Å²) in [6.07, 6.45) is 0.942. The van der Waals surface area contributed by atoms with Gasteiger partial charge >= 0.3 is 17.9 Å². The van der Waals surface area contributed by atoms with E-state index in [4.69, 9.17) is 43.5 Å². The minimum atomic E-state index is -0.980. The Kier molecular flexibility index (Phi) is 11.3.